The van der Waals surface area contributed by atoms with Crippen LogP contribution >= 0.6 is 11.8 Å². The first-order chi connectivity index (χ1) is 15.4. The Kier molecular flexibility index (Phi) is 6.13. The van der Waals surface area contributed by atoms with Gasteiger partial charge in [0, 0.05) is 24.4 Å². The number of thioether (sulfide) groups is 1. The van der Waals surface area contributed by atoms with Crippen LogP contribution in [0.1, 0.15) is 12.5 Å². The summed E-state index contributed by atoms with van der Waals surface area (Å²) in [5.74, 6) is -0.121. The second-order valence-corrected chi connectivity index (χ2v) is 7.97. The van der Waals surface area contributed by atoms with Gasteiger partial charge in [-0.25, -0.2) is 0 Å². The molecule has 2 aliphatic heterocycles. The summed E-state index contributed by atoms with van der Waals surface area (Å²) < 4.78 is 10.9. The number of imide groups is 1. The molecule has 0 aliphatic carbocycles. The van der Waals surface area contributed by atoms with Crippen LogP contribution in [-0.2, 0) is 14.4 Å². The summed E-state index contributed by atoms with van der Waals surface area (Å²) in [7, 11) is 0. The number of fused-ring (bicyclic) bond motifs is 1. The summed E-state index contributed by atoms with van der Waals surface area (Å²) in [6, 6.07) is 11.8. The molecule has 2 aromatic carbocycles. The Morgan fingerprint density at radius 2 is 1.69 bits per heavy atom. The largest absolute Gasteiger partial charge is 0.486 e. The number of hydrogen-bond donors (Lipinski definition) is 2. The van der Waals surface area contributed by atoms with E-state index < -0.39 is 23.6 Å². The van der Waals surface area contributed by atoms with Crippen molar-refractivity contribution in [3.63, 3.8) is 0 Å². The molecule has 0 aromatic heterocycles. The van der Waals surface area contributed by atoms with Gasteiger partial charge in [-0.3, -0.25) is 24.1 Å². The number of hydrogen-bond acceptors (Lipinski definition) is 7. The minimum atomic E-state index is -0.539. The van der Waals surface area contributed by atoms with Gasteiger partial charge >= 0.3 is 0 Å². The third-order valence-corrected chi connectivity index (χ3v) is 5.44. The highest BCUT2D eigenvalue weighted by atomic mass is 32.2. The van der Waals surface area contributed by atoms with Gasteiger partial charge in [0.1, 0.15) is 19.8 Å². The normalized spacial score (nSPS) is 16.3. The van der Waals surface area contributed by atoms with E-state index >= 15 is 0 Å². The average molecular weight is 453 g/mol. The lowest BCUT2D eigenvalue weighted by Crippen LogP contribution is -2.36. The molecule has 2 heterocycles. The number of carbonyl (C=O) groups excluding carboxylic acids is 4. The highest BCUT2D eigenvalue weighted by Gasteiger charge is 2.36. The zero-order chi connectivity index (χ0) is 22.7. The van der Waals surface area contributed by atoms with Crippen molar-refractivity contribution >= 4 is 52.2 Å². The molecule has 1 saturated heterocycles. The van der Waals surface area contributed by atoms with Crippen LogP contribution in [0.15, 0.2) is 47.4 Å². The van der Waals surface area contributed by atoms with Crippen LogP contribution in [0.25, 0.3) is 6.08 Å². The number of nitrogens with zero attached hydrogens (tertiary/aromatic N) is 1. The Balaban J connectivity index is 1.40. The van der Waals surface area contributed by atoms with Crippen molar-refractivity contribution in [2.75, 3.05) is 30.4 Å². The van der Waals surface area contributed by atoms with Crippen molar-refractivity contribution in [1.82, 2.24) is 4.90 Å². The molecule has 2 aromatic rings. The summed E-state index contributed by atoms with van der Waals surface area (Å²) in [5, 5.41) is 4.80. The minimum absolute atomic E-state index is 0.187. The molecule has 1 fully saturated rings. The Morgan fingerprint density at radius 3 is 2.41 bits per heavy atom. The van der Waals surface area contributed by atoms with E-state index in [2.05, 4.69) is 10.6 Å². The zero-order valence-corrected chi connectivity index (χ0v) is 17.9. The fourth-order valence-electron chi connectivity index (χ4n) is 3.12. The number of benzene rings is 2. The molecule has 164 valence electrons. The molecular weight excluding hydrogens is 434 g/mol. The van der Waals surface area contributed by atoms with E-state index in [4.69, 9.17) is 9.47 Å². The molecule has 2 N–H and O–H groups in total. The summed E-state index contributed by atoms with van der Waals surface area (Å²) in [6.45, 7) is 1.89. The maximum Gasteiger partial charge on any atom is 0.294 e. The van der Waals surface area contributed by atoms with Crippen LogP contribution < -0.4 is 20.1 Å². The van der Waals surface area contributed by atoms with Crippen molar-refractivity contribution in [2.24, 2.45) is 0 Å². The predicted molar refractivity (Wildman–Crippen MR) is 119 cm³/mol. The summed E-state index contributed by atoms with van der Waals surface area (Å²) in [5.41, 5.74) is 1.78. The molecule has 0 spiro atoms. The third-order valence-electron chi connectivity index (χ3n) is 4.53. The van der Waals surface area contributed by atoms with Crippen LogP contribution in [0.3, 0.4) is 0 Å². The van der Waals surface area contributed by atoms with E-state index in [0.717, 1.165) is 16.7 Å². The molecule has 0 radical (unpaired) electrons. The highest BCUT2D eigenvalue weighted by Crippen LogP contribution is 2.34. The Morgan fingerprint density at radius 1 is 1.00 bits per heavy atom. The van der Waals surface area contributed by atoms with E-state index in [9.17, 15) is 19.2 Å². The van der Waals surface area contributed by atoms with E-state index in [1.54, 1.807) is 48.5 Å². The lowest BCUT2D eigenvalue weighted by atomic mass is 10.2. The molecule has 0 saturated carbocycles. The second kappa shape index (κ2) is 9.15. The number of anilines is 2. The van der Waals surface area contributed by atoms with Gasteiger partial charge in [0.25, 0.3) is 11.1 Å². The van der Waals surface area contributed by atoms with Gasteiger partial charge in [0.15, 0.2) is 11.5 Å². The molecule has 32 heavy (non-hydrogen) atoms. The van der Waals surface area contributed by atoms with Gasteiger partial charge in [-0.05, 0) is 47.7 Å². The van der Waals surface area contributed by atoms with E-state index in [-0.39, 0.29) is 10.8 Å². The molecule has 4 rings (SSSR count). The monoisotopic (exact) mass is 453 g/mol. The highest BCUT2D eigenvalue weighted by molar-refractivity contribution is 8.18. The standard InChI is InChI=1S/C22H19N3O6S/c1-13(26)23-15-4-2-14(3-5-15)10-19-21(28)25(22(29)32-19)12-20(27)24-16-6-7-17-18(11-16)31-9-8-30-17/h2-7,10-11H,8-9,12H2,1H3,(H,23,26)(H,24,27)/b19-10-. The molecule has 4 amide bonds. The second-order valence-electron chi connectivity index (χ2n) is 6.98. The van der Waals surface area contributed by atoms with Crippen LogP contribution in [0.4, 0.5) is 16.2 Å². The van der Waals surface area contributed by atoms with Crippen molar-refractivity contribution < 1.29 is 28.7 Å². The van der Waals surface area contributed by atoms with Crippen LogP contribution in [0, 0.1) is 0 Å². The van der Waals surface area contributed by atoms with Gasteiger partial charge in [0.2, 0.25) is 11.8 Å². The quantitative estimate of drug-likeness (QED) is 0.669. The van der Waals surface area contributed by atoms with E-state index in [1.807, 2.05) is 0 Å². The fraction of sp³-hybridized carbons (Fsp3) is 0.182. The van der Waals surface area contributed by atoms with Crippen molar-refractivity contribution in [2.45, 2.75) is 6.92 Å². The molecule has 2 aliphatic rings. The van der Waals surface area contributed by atoms with Crippen molar-refractivity contribution in [3.05, 3.63) is 52.9 Å². The maximum absolute atomic E-state index is 12.7. The van der Waals surface area contributed by atoms with Crippen molar-refractivity contribution in [3.8, 4) is 11.5 Å². The molecule has 9 nitrogen and oxygen atoms in total. The summed E-state index contributed by atoms with van der Waals surface area (Å²) >= 11 is 0.771. The van der Waals surface area contributed by atoms with Crippen molar-refractivity contribution in [1.29, 1.82) is 0 Å². The lowest BCUT2D eigenvalue weighted by molar-refractivity contribution is -0.127. The van der Waals surface area contributed by atoms with Gasteiger partial charge in [-0.1, -0.05) is 12.1 Å². The Labute approximate surface area is 187 Å². The number of ether oxygens (including phenoxy) is 2. The molecular formula is C22H19N3O6S. The maximum atomic E-state index is 12.7. The summed E-state index contributed by atoms with van der Waals surface area (Å²) in [6.07, 6.45) is 1.57. The zero-order valence-electron chi connectivity index (χ0n) is 17.0. The fourth-order valence-corrected chi connectivity index (χ4v) is 3.96. The third kappa shape index (κ3) is 4.92. The first-order valence-corrected chi connectivity index (χ1v) is 10.5. The van der Waals surface area contributed by atoms with Gasteiger partial charge in [0.05, 0.1) is 4.91 Å². The number of amides is 4. The van der Waals surface area contributed by atoms with Crippen LogP contribution in [0.5, 0.6) is 11.5 Å². The number of nitrogens with one attached hydrogen (secondary N) is 2. The number of rotatable bonds is 5. The SMILES string of the molecule is CC(=O)Nc1ccc(/C=C2\SC(=O)N(CC(=O)Nc3ccc4c(c3)OCCO4)C2=O)cc1. The topological polar surface area (TPSA) is 114 Å². The van der Waals surface area contributed by atoms with Crippen LogP contribution in [0.2, 0.25) is 0 Å². The smallest absolute Gasteiger partial charge is 0.294 e. The first-order valence-electron chi connectivity index (χ1n) is 9.71. The molecule has 0 bridgehead atoms. The van der Waals surface area contributed by atoms with E-state index in [0.29, 0.717) is 41.7 Å². The van der Waals surface area contributed by atoms with Crippen LogP contribution in [-0.4, -0.2) is 47.6 Å². The number of carbonyl (C=O) groups is 4. The summed E-state index contributed by atoms with van der Waals surface area (Å²) in [4.78, 5) is 49.6. The predicted octanol–water partition coefficient (Wildman–Crippen LogP) is 3.09. The average Bonchev–Trinajstić information content (AvgIpc) is 3.02. The van der Waals surface area contributed by atoms with Gasteiger partial charge in [-0.15, -0.1) is 0 Å². The molecule has 0 unspecified atom stereocenters. The molecule has 10 heteroatoms. The van der Waals surface area contributed by atoms with Gasteiger partial charge in [-0.2, -0.15) is 0 Å². The first kappa shape index (κ1) is 21.4. The Hall–Kier alpha value is -3.79. The lowest BCUT2D eigenvalue weighted by Gasteiger charge is -2.19. The Bertz CT molecular complexity index is 1130. The molecule has 0 atom stereocenters. The minimum Gasteiger partial charge on any atom is -0.486 e. The van der Waals surface area contributed by atoms with Gasteiger partial charge < -0.3 is 20.1 Å². The van der Waals surface area contributed by atoms with E-state index in [1.165, 1.54) is 6.92 Å².